The van der Waals surface area contributed by atoms with Gasteiger partial charge in [0.15, 0.2) is 5.82 Å². The lowest BCUT2D eigenvalue weighted by atomic mass is 10.1. The summed E-state index contributed by atoms with van der Waals surface area (Å²) in [6.07, 6.45) is 6.93. The van der Waals surface area contributed by atoms with Gasteiger partial charge in [-0.25, -0.2) is 29.3 Å². The molecule has 0 aliphatic carbocycles. The molecule has 1 atom stereocenters. The number of anilines is 3. The summed E-state index contributed by atoms with van der Waals surface area (Å²) in [5, 5.41) is 3.23. The second-order valence-electron chi connectivity index (χ2n) is 8.84. The Morgan fingerprint density at radius 1 is 1.11 bits per heavy atom. The van der Waals surface area contributed by atoms with Gasteiger partial charge in [-0.2, -0.15) is 0 Å². The van der Waals surface area contributed by atoms with Crippen LogP contribution in [0.5, 0.6) is 5.75 Å². The predicted molar refractivity (Wildman–Crippen MR) is 133 cm³/mol. The molecule has 0 amide bonds. The molecule has 1 fully saturated rings. The first-order valence-electron chi connectivity index (χ1n) is 11.6. The van der Waals surface area contributed by atoms with Gasteiger partial charge in [0.1, 0.15) is 23.4 Å². The Hall–Kier alpha value is -3.92. The molecule has 35 heavy (non-hydrogen) atoms. The van der Waals surface area contributed by atoms with Gasteiger partial charge in [0, 0.05) is 43.2 Å². The van der Waals surface area contributed by atoms with Crippen molar-refractivity contribution in [2.75, 3.05) is 23.3 Å². The lowest BCUT2D eigenvalue weighted by Crippen LogP contribution is -2.43. The first-order chi connectivity index (χ1) is 17.0. The first kappa shape index (κ1) is 22.9. The zero-order valence-electron chi connectivity index (χ0n) is 19.6. The van der Waals surface area contributed by atoms with Crippen molar-refractivity contribution in [1.82, 2.24) is 24.9 Å². The molecule has 180 valence electrons. The number of aromatic nitrogens is 5. The second kappa shape index (κ2) is 9.75. The minimum Gasteiger partial charge on any atom is -0.489 e. The second-order valence-corrected chi connectivity index (χ2v) is 8.84. The molecule has 0 radical (unpaired) electrons. The molecule has 1 aromatic carbocycles. The van der Waals surface area contributed by atoms with E-state index in [1.807, 2.05) is 26.0 Å². The van der Waals surface area contributed by atoms with E-state index in [0.29, 0.717) is 39.9 Å². The Morgan fingerprint density at radius 2 is 1.94 bits per heavy atom. The summed E-state index contributed by atoms with van der Waals surface area (Å²) in [7, 11) is 0. The molecule has 0 spiro atoms. The summed E-state index contributed by atoms with van der Waals surface area (Å²) in [6, 6.07) is 8.22. The van der Waals surface area contributed by atoms with Crippen molar-refractivity contribution in [2.24, 2.45) is 5.73 Å². The molecule has 0 bridgehead atoms. The van der Waals surface area contributed by atoms with Crippen LogP contribution in [0.15, 0.2) is 49.1 Å². The Balaban J connectivity index is 1.45. The monoisotopic (exact) mass is 474 g/mol. The fourth-order valence-corrected chi connectivity index (χ4v) is 4.08. The van der Waals surface area contributed by atoms with Crippen molar-refractivity contribution in [1.29, 1.82) is 0 Å². The largest absolute Gasteiger partial charge is 0.489 e. The van der Waals surface area contributed by atoms with E-state index in [0.717, 1.165) is 31.5 Å². The van der Waals surface area contributed by atoms with Gasteiger partial charge in [0.05, 0.1) is 23.0 Å². The fraction of sp³-hybridized carbons (Fsp3) is 0.320. The van der Waals surface area contributed by atoms with Gasteiger partial charge < -0.3 is 20.7 Å². The number of hydrogen-bond donors (Lipinski definition) is 2. The third kappa shape index (κ3) is 5.12. The van der Waals surface area contributed by atoms with Crippen LogP contribution >= 0.6 is 0 Å². The molecule has 10 heteroatoms. The number of nitrogens with two attached hydrogens (primary N) is 1. The lowest BCUT2D eigenvalue weighted by molar-refractivity contribution is 0.243. The number of piperidine rings is 1. The minimum atomic E-state index is -0.380. The zero-order chi connectivity index (χ0) is 24.4. The highest BCUT2D eigenvalue weighted by atomic mass is 19.1. The van der Waals surface area contributed by atoms with Crippen LogP contribution in [0.25, 0.3) is 22.3 Å². The average molecular weight is 475 g/mol. The SMILES string of the molecule is CC(C)Oc1cc(F)ccc1Nc1ncnc2ccc(-c3cnc(N4CCC[C@@H](N)C4)nc3)nc12. The van der Waals surface area contributed by atoms with Gasteiger partial charge in [-0.3, -0.25) is 0 Å². The summed E-state index contributed by atoms with van der Waals surface area (Å²) in [4.78, 5) is 24.7. The number of benzene rings is 1. The summed E-state index contributed by atoms with van der Waals surface area (Å²) in [5.41, 5.74) is 9.37. The maximum Gasteiger partial charge on any atom is 0.225 e. The fourth-order valence-electron chi connectivity index (χ4n) is 4.08. The molecule has 0 unspecified atom stereocenters. The van der Waals surface area contributed by atoms with Gasteiger partial charge >= 0.3 is 0 Å². The number of rotatable bonds is 6. The van der Waals surface area contributed by atoms with E-state index in [4.69, 9.17) is 15.5 Å². The van der Waals surface area contributed by atoms with Crippen LogP contribution in [-0.4, -0.2) is 50.2 Å². The van der Waals surface area contributed by atoms with Crippen LogP contribution in [0.2, 0.25) is 0 Å². The van der Waals surface area contributed by atoms with Crippen LogP contribution < -0.4 is 20.7 Å². The van der Waals surface area contributed by atoms with Gasteiger partial charge in [-0.15, -0.1) is 0 Å². The molecule has 3 N–H and O–H groups in total. The quantitative estimate of drug-likeness (QED) is 0.426. The summed E-state index contributed by atoms with van der Waals surface area (Å²) >= 11 is 0. The van der Waals surface area contributed by atoms with E-state index in [2.05, 4.69) is 30.2 Å². The predicted octanol–water partition coefficient (Wildman–Crippen LogP) is 4.08. The number of ether oxygens (including phenoxy) is 1. The van der Waals surface area contributed by atoms with Gasteiger partial charge in [-0.05, 0) is 51.0 Å². The molecule has 4 heterocycles. The first-order valence-corrected chi connectivity index (χ1v) is 11.6. The molecule has 1 aliphatic rings. The number of halogens is 1. The van der Waals surface area contributed by atoms with Crippen LogP contribution in [-0.2, 0) is 0 Å². The van der Waals surface area contributed by atoms with Crippen LogP contribution in [0.3, 0.4) is 0 Å². The van der Waals surface area contributed by atoms with Gasteiger partial charge in [0.25, 0.3) is 0 Å². The number of hydrogen-bond acceptors (Lipinski definition) is 9. The Labute approximate surface area is 202 Å². The van der Waals surface area contributed by atoms with Crippen LogP contribution in [0, 0.1) is 5.82 Å². The van der Waals surface area contributed by atoms with Crippen LogP contribution in [0.1, 0.15) is 26.7 Å². The summed E-state index contributed by atoms with van der Waals surface area (Å²) < 4.78 is 19.6. The average Bonchev–Trinajstić information content (AvgIpc) is 2.85. The third-order valence-electron chi connectivity index (χ3n) is 5.72. The summed E-state index contributed by atoms with van der Waals surface area (Å²) in [6.45, 7) is 5.43. The zero-order valence-corrected chi connectivity index (χ0v) is 19.6. The Bertz CT molecular complexity index is 1330. The molecule has 3 aromatic heterocycles. The highest BCUT2D eigenvalue weighted by Gasteiger charge is 2.19. The van der Waals surface area contributed by atoms with Crippen molar-refractivity contribution >= 4 is 28.5 Å². The number of pyridine rings is 1. The molecule has 0 saturated carbocycles. The highest BCUT2D eigenvalue weighted by Crippen LogP contribution is 2.31. The van der Waals surface area contributed by atoms with Crippen LogP contribution in [0.4, 0.5) is 21.8 Å². The maximum absolute atomic E-state index is 13.8. The molecule has 4 aromatic rings. The van der Waals surface area contributed by atoms with E-state index in [9.17, 15) is 4.39 Å². The minimum absolute atomic E-state index is 0.118. The number of fused-ring (bicyclic) bond motifs is 1. The molecule has 9 nitrogen and oxygen atoms in total. The van der Waals surface area contributed by atoms with E-state index in [1.165, 1.54) is 18.5 Å². The van der Waals surface area contributed by atoms with E-state index >= 15 is 0 Å². The van der Waals surface area contributed by atoms with Gasteiger partial charge in [-0.1, -0.05) is 0 Å². The van der Waals surface area contributed by atoms with Crippen molar-refractivity contribution in [3.63, 3.8) is 0 Å². The topological polar surface area (TPSA) is 115 Å². The van der Waals surface area contributed by atoms with E-state index < -0.39 is 0 Å². The normalized spacial score (nSPS) is 16.0. The number of nitrogens with one attached hydrogen (secondary N) is 1. The molecule has 5 rings (SSSR count). The maximum atomic E-state index is 13.8. The van der Waals surface area contributed by atoms with Crippen molar-refractivity contribution < 1.29 is 9.13 Å². The smallest absolute Gasteiger partial charge is 0.225 e. The standard InChI is InChI=1S/C25H27FN8O/c1-15(2)35-22-10-17(26)5-6-20(22)33-24-23-21(30-14-31-24)8-7-19(32-23)16-11-28-25(29-12-16)34-9-3-4-18(27)13-34/h5-8,10-12,14-15,18H,3-4,9,13,27H2,1-2H3,(H,30,31,33)/t18-/m1/s1. The van der Waals surface area contributed by atoms with Crippen molar-refractivity contribution in [3.05, 3.63) is 54.9 Å². The van der Waals surface area contributed by atoms with Crippen molar-refractivity contribution in [2.45, 2.75) is 38.8 Å². The third-order valence-corrected chi connectivity index (χ3v) is 5.72. The highest BCUT2D eigenvalue weighted by molar-refractivity contribution is 5.89. The molecular formula is C25H27FN8O. The lowest BCUT2D eigenvalue weighted by Gasteiger charge is -2.30. The van der Waals surface area contributed by atoms with E-state index in [1.54, 1.807) is 18.5 Å². The Morgan fingerprint density at radius 3 is 2.71 bits per heavy atom. The van der Waals surface area contributed by atoms with Crippen molar-refractivity contribution in [3.8, 4) is 17.0 Å². The van der Waals surface area contributed by atoms with E-state index in [-0.39, 0.29) is 18.0 Å². The van der Waals surface area contributed by atoms with Gasteiger partial charge in [0.2, 0.25) is 5.95 Å². The summed E-state index contributed by atoms with van der Waals surface area (Å²) in [5.74, 6) is 1.17. The Kier molecular flexibility index (Phi) is 6.37. The molecule has 1 aliphatic heterocycles. The molecule has 1 saturated heterocycles. The number of nitrogens with zero attached hydrogens (tertiary/aromatic N) is 6. The molecular weight excluding hydrogens is 447 g/mol.